The van der Waals surface area contributed by atoms with Crippen LogP contribution in [-0.4, -0.2) is 32.4 Å². The highest BCUT2D eigenvalue weighted by molar-refractivity contribution is 9.10. The highest BCUT2D eigenvalue weighted by Gasteiger charge is 2.14. The second kappa shape index (κ2) is 10.5. The molecule has 3 rings (SSSR count). The van der Waals surface area contributed by atoms with E-state index in [9.17, 15) is 4.79 Å². The number of hydrogen-bond acceptors (Lipinski definition) is 5. The fourth-order valence-electron chi connectivity index (χ4n) is 2.97. The van der Waals surface area contributed by atoms with Crippen molar-refractivity contribution in [3.05, 3.63) is 64.1 Å². The number of hydrogen-bond donors (Lipinski definition) is 1. The number of carbonyl (C=O) groups excluding carboxylic acids is 1. The van der Waals surface area contributed by atoms with Gasteiger partial charge in [-0.25, -0.2) is 5.43 Å². The minimum Gasteiger partial charge on any atom is -0.496 e. The Kier molecular flexibility index (Phi) is 7.52. The molecule has 1 N–H and O–H groups in total. The average molecular weight is 481 g/mol. The maximum Gasteiger partial charge on any atom is 0.275 e. The topological polar surface area (TPSA) is 69.2 Å². The lowest BCUT2D eigenvalue weighted by Crippen LogP contribution is -2.18. The summed E-state index contributed by atoms with van der Waals surface area (Å²) in [5, 5.41) is 6.00. The van der Waals surface area contributed by atoms with Crippen LogP contribution in [0, 0.1) is 12.3 Å². The number of ether oxygens (including phenoxy) is 3. The summed E-state index contributed by atoms with van der Waals surface area (Å²) in [4.78, 5) is 12.7. The van der Waals surface area contributed by atoms with Crippen molar-refractivity contribution in [2.24, 2.45) is 5.10 Å². The van der Waals surface area contributed by atoms with E-state index in [1.54, 1.807) is 18.2 Å². The van der Waals surface area contributed by atoms with Crippen molar-refractivity contribution >= 4 is 38.8 Å². The number of nitrogens with one attached hydrogen (secondary N) is 1. The van der Waals surface area contributed by atoms with Crippen LogP contribution in [0.5, 0.6) is 17.2 Å². The zero-order valence-corrected chi connectivity index (χ0v) is 18.7. The van der Waals surface area contributed by atoms with Crippen molar-refractivity contribution in [2.75, 3.05) is 20.3 Å². The lowest BCUT2D eigenvalue weighted by atomic mass is 10.1. The van der Waals surface area contributed by atoms with Crippen LogP contribution >= 0.6 is 15.9 Å². The van der Waals surface area contributed by atoms with Crippen LogP contribution in [0.15, 0.2) is 58.1 Å². The van der Waals surface area contributed by atoms with E-state index in [4.69, 9.17) is 20.6 Å². The number of terminal acetylenes is 1. The first kappa shape index (κ1) is 22.2. The first-order valence-corrected chi connectivity index (χ1v) is 10.3. The minimum absolute atomic E-state index is 0.121. The SMILES string of the molecule is C#CCOc1c(Br)cc(/C=N\NC(=O)c2cc3ccccc3cc2OC)cc1OCC. The van der Waals surface area contributed by atoms with Crippen molar-refractivity contribution in [3.8, 4) is 29.6 Å². The van der Waals surface area contributed by atoms with Crippen LogP contribution in [0.25, 0.3) is 10.8 Å². The molecule has 0 saturated carbocycles. The molecule has 6 nitrogen and oxygen atoms in total. The van der Waals surface area contributed by atoms with E-state index in [0.717, 1.165) is 10.8 Å². The maximum atomic E-state index is 12.7. The standard InChI is InChI=1S/C24H21BrN2O4/c1-4-10-31-23-20(25)11-16(12-22(23)30-5-2)15-26-27-24(28)19-13-17-8-6-7-9-18(17)14-21(19)29-3/h1,6-9,11-15H,5,10H2,2-3H3,(H,27,28)/b26-15-. The summed E-state index contributed by atoms with van der Waals surface area (Å²) in [6.45, 7) is 2.45. The third-order valence-electron chi connectivity index (χ3n) is 4.32. The molecule has 3 aromatic rings. The van der Waals surface area contributed by atoms with Gasteiger partial charge in [-0.1, -0.05) is 30.2 Å². The molecule has 0 radical (unpaired) electrons. The Bertz CT molecular complexity index is 1170. The molecule has 7 heteroatoms. The Balaban J connectivity index is 1.81. The Morgan fingerprint density at radius 1 is 1.16 bits per heavy atom. The maximum absolute atomic E-state index is 12.7. The molecular weight excluding hydrogens is 460 g/mol. The lowest BCUT2D eigenvalue weighted by molar-refractivity contribution is 0.0952. The fraction of sp³-hybridized carbons (Fsp3) is 0.167. The number of rotatable bonds is 8. The zero-order valence-electron chi connectivity index (χ0n) is 17.1. The molecule has 0 saturated heterocycles. The van der Waals surface area contributed by atoms with Crippen molar-refractivity contribution in [2.45, 2.75) is 6.92 Å². The molecule has 0 atom stereocenters. The summed E-state index contributed by atoms with van der Waals surface area (Å²) < 4.78 is 17.2. The molecule has 0 aliphatic rings. The van der Waals surface area contributed by atoms with E-state index in [0.29, 0.717) is 39.5 Å². The van der Waals surface area contributed by atoms with E-state index in [1.165, 1.54) is 13.3 Å². The largest absolute Gasteiger partial charge is 0.496 e. The van der Waals surface area contributed by atoms with Crippen LogP contribution in [-0.2, 0) is 0 Å². The van der Waals surface area contributed by atoms with Gasteiger partial charge in [0.1, 0.15) is 12.4 Å². The number of halogens is 1. The minimum atomic E-state index is -0.378. The van der Waals surface area contributed by atoms with Gasteiger partial charge < -0.3 is 14.2 Å². The molecule has 0 fully saturated rings. The van der Waals surface area contributed by atoms with Gasteiger partial charge in [0, 0.05) is 0 Å². The summed E-state index contributed by atoms with van der Waals surface area (Å²) in [6, 6.07) is 14.9. The third-order valence-corrected chi connectivity index (χ3v) is 4.91. The van der Waals surface area contributed by atoms with Gasteiger partial charge in [-0.15, -0.1) is 6.42 Å². The summed E-state index contributed by atoms with van der Waals surface area (Å²) in [7, 11) is 1.53. The van der Waals surface area contributed by atoms with Crippen LogP contribution in [0.4, 0.5) is 0 Å². The molecule has 31 heavy (non-hydrogen) atoms. The molecule has 3 aromatic carbocycles. The predicted molar refractivity (Wildman–Crippen MR) is 125 cm³/mol. The van der Waals surface area contributed by atoms with E-state index >= 15 is 0 Å². The Hall–Kier alpha value is -3.50. The monoisotopic (exact) mass is 480 g/mol. The van der Waals surface area contributed by atoms with Gasteiger partial charge in [-0.3, -0.25) is 4.79 Å². The average Bonchev–Trinajstić information content (AvgIpc) is 2.77. The zero-order chi connectivity index (χ0) is 22.2. The normalized spacial score (nSPS) is 10.6. The van der Waals surface area contributed by atoms with Gasteiger partial charge in [0.15, 0.2) is 11.5 Å². The van der Waals surface area contributed by atoms with Crippen LogP contribution < -0.4 is 19.6 Å². The molecule has 0 aliphatic heterocycles. The number of carbonyl (C=O) groups is 1. The van der Waals surface area contributed by atoms with Crippen molar-refractivity contribution in [1.82, 2.24) is 5.43 Å². The second-order valence-electron chi connectivity index (χ2n) is 6.35. The lowest BCUT2D eigenvalue weighted by Gasteiger charge is -2.13. The second-order valence-corrected chi connectivity index (χ2v) is 7.21. The summed E-state index contributed by atoms with van der Waals surface area (Å²) in [5.74, 6) is 3.56. The fourth-order valence-corrected chi connectivity index (χ4v) is 3.54. The molecule has 158 valence electrons. The van der Waals surface area contributed by atoms with Crippen molar-refractivity contribution in [3.63, 3.8) is 0 Å². The van der Waals surface area contributed by atoms with E-state index < -0.39 is 0 Å². The highest BCUT2D eigenvalue weighted by atomic mass is 79.9. The van der Waals surface area contributed by atoms with Gasteiger partial charge >= 0.3 is 0 Å². The highest BCUT2D eigenvalue weighted by Crippen LogP contribution is 2.36. The summed E-state index contributed by atoms with van der Waals surface area (Å²) in [6.07, 6.45) is 6.79. The van der Waals surface area contributed by atoms with Gasteiger partial charge in [0.25, 0.3) is 5.91 Å². The first-order chi connectivity index (χ1) is 15.1. The summed E-state index contributed by atoms with van der Waals surface area (Å²) in [5.41, 5.74) is 3.64. The number of nitrogens with zero attached hydrogens (tertiary/aromatic N) is 1. The number of hydrazone groups is 1. The molecule has 0 spiro atoms. The molecule has 0 aromatic heterocycles. The van der Waals surface area contributed by atoms with Crippen LogP contribution in [0.3, 0.4) is 0 Å². The molecule has 1 amide bonds. The van der Waals surface area contributed by atoms with Crippen molar-refractivity contribution < 1.29 is 19.0 Å². The molecule has 0 heterocycles. The van der Waals surface area contributed by atoms with E-state index in [2.05, 4.69) is 32.4 Å². The predicted octanol–water partition coefficient (Wildman–Crippen LogP) is 4.79. The number of amides is 1. The molecule has 0 bridgehead atoms. The van der Waals surface area contributed by atoms with Gasteiger partial charge in [-0.05, 0) is 63.5 Å². The van der Waals surface area contributed by atoms with Gasteiger partial charge in [-0.2, -0.15) is 5.10 Å². The number of methoxy groups -OCH3 is 1. The van der Waals surface area contributed by atoms with Gasteiger partial charge in [0.2, 0.25) is 0 Å². The number of fused-ring (bicyclic) bond motifs is 1. The first-order valence-electron chi connectivity index (χ1n) is 9.50. The summed E-state index contributed by atoms with van der Waals surface area (Å²) >= 11 is 3.46. The molecule has 0 unspecified atom stereocenters. The Labute approximate surface area is 189 Å². The molecular formula is C24H21BrN2O4. The van der Waals surface area contributed by atoms with Crippen LogP contribution in [0.1, 0.15) is 22.8 Å². The van der Waals surface area contributed by atoms with Crippen LogP contribution in [0.2, 0.25) is 0 Å². The smallest absolute Gasteiger partial charge is 0.275 e. The molecule has 0 aliphatic carbocycles. The number of benzene rings is 3. The Morgan fingerprint density at radius 3 is 2.58 bits per heavy atom. The third kappa shape index (κ3) is 5.36. The Morgan fingerprint density at radius 2 is 1.90 bits per heavy atom. The van der Waals surface area contributed by atoms with E-state index in [-0.39, 0.29) is 12.5 Å². The van der Waals surface area contributed by atoms with E-state index in [1.807, 2.05) is 37.3 Å². The quantitative estimate of drug-likeness (QED) is 0.286. The van der Waals surface area contributed by atoms with Crippen molar-refractivity contribution in [1.29, 1.82) is 0 Å². The van der Waals surface area contributed by atoms with Gasteiger partial charge in [0.05, 0.1) is 30.0 Å².